The van der Waals surface area contributed by atoms with Gasteiger partial charge in [0.2, 0.25) is 5.91 Å². The normalized spacial score (nSPS) is 14.8. The molecule has 3 rings (SSSR count). The number of alkyl halides is 1. The number of rotatable bonds is 2. The Kier molecular flexibility index (Phi) is 4.00. The molecule has 0 fully saturated rings. The van der Waals surface area contributed by atoms with Crippen LogP contribution in [0.2, 0.25) is 10.0 Å². The molecule has 108 valence electrons. The molecule has 21 heavy (non-hydrogen) atoms. The molecule has 2 aromatic carbocycles. The van der Waals surface area contributed by atoms with E-state index in [2.05, 4.69) is 21.2 Å². The number of nitrogens with one attached hydrogen (secondary N) is 1. The number of halogens is 3. The maximum absolute atomic E-state index is 11.5. The van der Waals surface area contributed by atoms with E-state index in [1.807, 2.05) is 37.3 Å². The zero-order valence-electron chi connectivity index (χ0n) is 11.2. The van der Waals surface area contributed by atoms with Crippen molar-refractivity contribution in [3.63, 3.8) is 0 Å². The molecule has 0 aromatic heterocycles. The fourth-order valence-electron chi connectivity index (χ4n) is 2.55. The van der Waals surface area contributed by atoms with Crippen molar-refractivity contribution in [3.05, 3.63) is 62.6 Å². The van der Waals surface area contributed by atoms with E-state index in [4.69, 9.17) is 23.2 Å². The van der Waals surface area contributed by atoms with E-state index in [0.29, 0.717) is 16.5 Å². The summed E-state index contributed by atoms with van der Waals surface area (Å²) in [6.07, 6.45) is 0.402. The van der Waals surface area contributed by atoms with E-state index < -0.39 is 0 Å². The molecule has 1 atom stereocenters. The van der Waals surface area contributed by atoms with Crippen LogP contribution in [0.25, 0.3) is 0 Å². The number of hydrogen-bond donors (Lipinski definition) is 1. The Hall–Kier alpha value is -1.03. The van der Waals surface area contributed by atoms with Crippen molar-refractivity contribution in [1.29, 1.82) is 0 Å². The van der Waals surface area contributed by atoms with Crippen LogP contribution in [-0.2, 0) is 11.2 Å². The molecule has 5 heteroatoms. The first-order chi connectivity index (χ1) is 9.95. The van der Waals surface area contributed by atoms with Crippen molar-refractivity contribution in [3.8, 4) is 0 Å². The Labute approximate surface area is 141 Å². The third kappa shape index (κ3) is 2.83. The molecule has 1 amide bonds. The molecule has 0 bridgehead atoms. The highest BCUT2D eigenvalue weighted by Gasteiger charge is 2.23. The van der Waals surface area contributed by atoms with E-state index in [0.717, 1.165) is 27.9 Å². The zero-order chi connectivity index (χ0) is 15.1. The highest BCUT2D eigenvalue weighted by molar-refractivity contribution is 9.09. The summed E-state index contributed by atoms with van der Waals surface area (Å²) >= 11 is 16.1. The van der Waals surface area contributed by atoms with Crippen LogP contribution < -0.4 is 5.32 Å². The Morgan fingerprint density at radius 1 is 1.19 bits per heavy atom. The van der Waals surface area contributed by atoms with Gasteiger partial charge in [-0.1, -0.05) is 51.3 Å². The van der Waals surface area contributed by atoms with Crippen LogP contribution in [-0.4, -0.2) is 5.91 Å². The monoisotopic (exact) mass is 383 g/mol. The van der Waals surface area contributed by atoms with Gasteiger partial charge in [0, 0.05) is 15.7 Å². The summed E-state index contributed by atoms with van der Waals surface area (Å²) in [6.45, 7) is 2.02. The summed E-state index contributed by atoms with van der Waals surface area (Å²) in [4.78, 5) is 11.4. The van der Waals surface area contributed by atoms with Crippen LogP contribution in [0.5, 0.6) is 0 Å². The fourth-order valence-corrected chi connectivity index (χ4v) is 4.08. The molecule has 2 nitrogen and oxygen atoms in total. The summed E-state index contributed by atoms with van der Waals surface area (Å²) < 4.78 is 0. The number of amides is 1. The van der Waals surface area contributed by atoms with Gasteiger partial charge in [-0.15, -0.1) is 0 Å². The van der Waals surface area contributed by atoms with Gasteiger partial charge in [-0.25, -0.2) is 0 Å². The minimum Gasteiger partial charge on any atom is -0.325 e. The maximum atomic E-state index is 11.5. The van der Waals surface area contributed by atoms with Crippen LogP contribution in [0.3, 0.4) is 0 Å². The number of benzene rings is 2. The van der Waals surface area contributed by atoms with E-state index in [9.17, 15) is 4.79 Å². The molecule has 1 N–H and O–H groups in total. The van der Waals surface area contributed by atoms with Crippen molar-refractivity contribution in [2.75, 3.05) is 5.32 Å². The molecule has 0 saturated heterocycles. The van der Waals surface area contributed by atoms with Gasteiger partial charge in [0.05, 0.1) is 11.2 Å². The van der Waals surface area contributed by atoms with Crippen molar-refractivity contribution in [2.45, 2.75) is 18.2 Å². The third-order valence-electron chi connectivity index (χ3n) is 3.63. The molecule has 0 aliphatic carbocycles. The number of carbonyl (C=O) groups excluding carboxylic acids is 1. The minimum absolute atomic E-state index is 0.00649. The largest absolute Gasteiger partial charge is 0.325 e. The lowest BCUT2D eigenvalue weighted by Crippen LogP contribution is -2.03. The van der Waals surface area contributed by atoms with Crippen molar-refractivity contribution in [2.24, 2.45) is 0 Å². The van der Waals surface area contributed by atoms with Crippen LogP contribution in [0.1, 0.15) is 27.1 Å². The Bertz CT molecular complexity index is 745. The van der Waals surface area contributed by atoms with Crippen LogP contribution >= 0.6 is 39.1 Å². The molecule has 0 radical (unpaired) electrons. The second-order valence-corrected chi connectivity index (χ2v) is 6.88. The highest BCUT2D eigenvalue weighted by Crippen LogP contribution is 2.40. The summed E-state index contributed by atoms with van der Waals surface area (Å²) in [6, 6.07) is 9.59. The first-order valence-electron chi connectivity index (χ1n) is 6.48. The molecule has 1 aliphatic heterocycles. The molecule has 0 saturated carbocycles. The molecule has 2 aromatic rings. The molecule has 0 spiro atoms. The van der Waals surface area contributed by atoms with E-state index in [1.165, 1.54) is 0 Å². The maximum Gasteiger partial charge on any atom is 0.228 e. The minimum atomic E-state index is -0.0386. The van der Waals surface area contributed by atoms with Gasteiger partial charge < -0.3 is 5.32 Å². The van der Waals surface area contributed by atoms with Crippen molar-refractivity contribution >= 4 is 50.7 Å². The van der Waals surface area contributed by atoms with Crippen molar-refractivity contribution in [1.82, 2.24) is 0 Å². The van der Waals surface area contributed by atoms with Gasteiger partial charge in [0.1, 0.15) is 0 Å². The van der Waals surface area contributed by atoms with Gasteiger partial charge >= 0.3 is 0 Å². The van der Waals surface area contributed by atoms with E-state index in [-0.39, 0.29) is 10.7 Å². The second-order valence-electron chi connectivity index (χ2n) is 5.12. The number of hydrogen-bond acceptors (Lipinski definition) is 1. The Morgan fingerprint density at radius 3 is 2.67 bits per heavy atom. The lowest BCUT2D eigenvalue weighted by Gasteiger charge is -2.16. The molecule has 1 aliphatic rings. The predicted molar refractivity (Wildman–Crippen MR) is 90.7 cm³/mol. The summed E-state index contributed by atoms with van der Waals surface area (Å²) in [7, 11) is 0. The summed E-state index contributed by atoms with van der Waals surface area (Å²) in [5, 5.41) is 4.15. The van der Waals surface area contributed by atoms with Gasteiger partial charge in [-0.2, -0.15) is 0 Å². The number of anilines is 1. The molecule has 1 heterocycles. The SMILES string of the molecule is Cc1cc(Cl)ccc1C(Br)c1cc2c(cc1Cl)NC(=O)C2. The first kappa shape index (κ1) is 14.9. The average Bonchev–Trinajstić information content (AvgIpc) is 2.76. The molecular formula is C16H12BrCl2NO. The number of aryl methyl sites for hydroxylation is 1. The standard InChI is InChI=1S/C16H12BrCl2NO/c1-8-4-10(18)2-3-11(8)16(17)12-5-9-6-15(21)20-14(9)7-13(12)19/h2-5,7,16H,6H2,1H3,(H,20,21). The number of carbonyl (C=O) groups is 1. The van der Waals surface area contributed by atoms with Gasteiger partial charge in [0.15, 0.2) is 0 Å². The molecule has 1 unspecified atom stereocenters. The fraction of sp³-hybridized carbons (Fsp3) is 0.188. The van der Waals surface area contributed by atoms with Crippen molar-refractivity contribution < 1.29 is 4.79 Å². The van der Waals surface area contributed by atoms with E-state index in [1.54, 1.807) is 0 Å². The van der Waals surface area contributed by atoms with Crippen LogP contribution in [0.4, 0.5) is 5.69 Å². The first-order valence-corrected chi connectivity index (χ1v) is 8.15. The lowest BCUT2D eigenvalue weighted by molar-refractivity contribution is -0.115. The summed E-state index contributed by atoms with van der Waals surface area (Å²) in [5.41, 5.74) is 4.95. The van der Waals surface area contributed by atoms with Gasteiger partial charge in [0.25, 0.3) is 0 Å². The Balaban J connectivity index is 2.04. The van der Waals surface area contributed by atoms with Gasteiger partial charge in [-0.3, -0.25) is 4.79 Å². The second kappa shape index (κ2) is 5.64. The van der Waals surface area contributed by atoms with E-state index >= 15 is 0 Å². The molecular weight excluding hydrogens is 373 g/mol. The lowest BCUT2D eigenvalue weighted by atomic mass is 9.98. The highest BCUT2D eigenvalue weighted by atomic mass is 79.9. The average molecular weight is 385 g/mol. The van der Waals surface area contributed by atoms with Crippen LogP contribution in [0.15, 0.2) is 30.3 Å². The topological polar surface area (TPSA) is 29.1 Å². The Morgan fingerprint density at radius 2 is 1.95 bits per heavy atom. The number of fused-ring (bicyclic) bond motifs is 1. The quantitative estimate of drug-likeness (QED) is 0.701. The van der Waals surface area contributed by atoms with Crippen LogP contribution in [0, 0.1) is 6.92 Å². The zero-order valence-corrected chi connectivity index (χ0v) is 14.3. The smallest absolute Gasteiger partial charge is 0.228 e. The third-order valence-corrected chi connectivity index (χ3v) is 5.17. The summed E-state index contributed by atoms with van der Waals surface area (Å²) in [5.74, 6) is 0.00649. The predicted octanol–water partition coefficient (Wildman–Crippen LogP) is 5.28. The van der Waals surface area contributed by atoms with Gasteiger partial charge in [-0.05, 0) is 47.4 Å².